The Kier molecular flexibility index (Phi) is 6.13. The molecule has 1 aliphatic heterocycles. The van der Waals surface area contributed by atoms with Crippen molar-refractivity contribution in [3.63, 3.8) is 0 Å². The first kappa shape index (κ1) is 21.2. The van der Waals surface area contributed by atoms with Gasteiger partial charge in [-0.25, -0.2) is 0 Å². The highest BCUT2D eigenvalue weighted by molar-refractivity contribution is 6.08. The lowest BCUT2D eigenvalue weighted by Gasteiger charge is -2.33. The molecule has 7 heteroatoms. The molecule has 2 heterocycles. The molecule has 0 saturated carbocycles. The van der Waals surface area contributed by atoms with Gasteiger partial charge in [0.2, 0.25) is 0 Å². The van der Waals surface area contributed by atoms with Gasteiger partial charge >= 0.3 is 5.97 Å². The van der Waals surface area contributed by atoms with E-state index in [9.17, 15) is 14.4 Å². The van der Waals surface area contributed by atoms with Crippen molar-refractivity contribution in [1.29, 1.82) is 0 Å². The van der Waals surface area contributed by atoms with Crippen LogP contribution in [0, 0.1) is 5.92 Å². The number of Topliss-reactive ketones (excluding diaryl/α,β-unsaturated/α-hetero) is 1. The minimum atomic E-state index is -0.869. The molecular weight excluding hydrogens is 398 g/mol. The van der Waals surface area contributed by atoms with Crippen molar-refractivity contribution in [2.45, 2.75) is 39.0 Å². The zero-order chi connectivity index (χ0) is 22.0. The van der Waals surface area contributed by atoms with Crippen molar-refractivity contribution < 1.29 is 23.5 Å². The van der Waals surface area contributed by atoms with Gasteiger partial charge in [0, 0.05) is 41.5 Å². The molecule has 0 fully saturated rings. The second-order valence-electron chi connectivity index (χ2n) is 7.73. The molecule has 1 aromatic heterocycles. The van der Waals surface area contributed by atoms with E-state index in [1.165, 1.54) is 6.26 Å². The van der Waals surface area contributed by atoms with E-state index in [2.05, 4.69) is 4.99 Å². The van der Waals surface area contributed by atoms with Crippen LogP contribution in [-0.4, -0.2) is 37.3 Å². The van der Waals surface area contributed by atoms with Crippen LogP contribution in [0.15, 0.2) is 56.0 Å². The highest BCUT2D eigenvalue weighted by atomic mass is 16.6. The number of ether oxygens (including phenoxy) is 2. The zero-order valence-electron chi connectivity index (χ0n) is 17.7. The number of hydrogen-bond acceptors (Lipinski definition) is 7. The number of aliphatic imine (C=N–C) groups is 1. The first-order chi connectivity index (χ1) is 15.0. The Morgan fingerprint density at radius 1 is 1.19 bits per heavy atom. The predicted molar refractivity (Wildman–Crippen MR) is 115 cm³/mol. The Hall–Kier alpha value is -3.06. The Bertz CT molecular complexity index is 1140. The van der Waals surface area contributed by atoms with Gasteiger partial charge < -0.3 is 13.9 Å². The van der Waals surface area contributed by atoms with Gasteiger partial charge in [-0.2, -0.15) is 0 Å². The van der Waals surface area contributed by atoms with Crippen LogP contribution in [0.3, 0.4) is 0 Å². The minimum Gasteiger partial charge on any atom is -0.464 e. The fourth-order valence-corrected chi connectivity index (χ4v) is 4.39. The van der Waals surface area contributed by atoms with Crippen molar-refractivity contribution in [2.24, 2.45) is 10.9 Å². The fourth-order valence-electron chi connectivity index (χ4n) is 4.39. The Morgan fingerprint density at radius 2 is 2.00 bits per heavy atom. The molecule has 2 atom stereocenters. The van der Waals surface area contributed by atoms with E-state index in [1.54, 1.807) is 31.2 Å². The Labute approximate surface area is 179 Å². The molecule has 0 saturated heterocycles. The van der Waals surface area contributed by atoms with E-state index in [-0.39, 0.29) is 30.0 Å². The van der Waals surface area contributed by atoms with Crippen molar-refractivity contribution in [1.82, 2.24) is 0 Å². The minimum absolute atomic E-state index is 0.0813. The lowest BCUT2D eigenvalue weighted by Crippen LogP contribution is -2.39. The number of allylic oxidation sites excluding steroid dienone is 2. The maximum absolute atomic E-state index is 13.4. The summed E-state index contributed by atoms with van der Waals surface area (Å²) < 4.78 is 16.4. The number of ketones is 1. The van der Waals surface area contributed by atoms with Gasteiger partial charge in [-0.15, -0.1) is 0 Å². The molecule has 2 aliphatic rings. The van der Waals surface area contributed by atoms with E-state index in [1.807, 2.05) is 6.92 Å². The molecule has 1 aliphatic carbocycles. The summed E-state index contributed by atoms with van der Waals surface area (Å²) in [6, 6.07) is 6.94. The van der Waals surface area contributed by atoms with Crippen molar-refractivity contribution in [3.8, 4) is 0 Å². The van der Waals surface area contributed by atoms with Gasteiger partial charge in [0.05, 0.1) is 18.3 Å². The average Bonchev–Trinajstić information content (AvgIpc) is 2.76. The Balaban J connectivity index is 1.81. The van der Waals surface area contributed by atoms with Crippen LogP contribution >= 0.6 is 0 Å². The second-order valence-corrected chi connectivity index (χ2v) is 7.73. The van der Waals surface area contributed by atoms with Gasteiger partial charge in [-0.1, -0.05) is 12.1 Å². The van der Waals surface area contributed by atoms with E-state index in [0.29, 0.717) is 53.8 Å². The number of benzene rings is 1. The largest absolute Gasteiger partial charge is 0.464 e. The van der Waals surface area contributed by atoms with Gasteiger partial charge in [0.15, 0.2) is 11.2 Å². The monoisotopic (exact) mass is 423 g/mol. The lowest BCUT2D eigenvalue weighted by molar-refractivity contribution is -0.148. The highest BCUT2D eigenvalue weighted by Crippen LogP contribution is 2.43. The molecule has 0 bridgehead atoms. The van der Waals surface area contributed by atoms with Gasteiger partial charge in [0.1, 0.15) is 18.1 Å². The van der Waals surface area contributed by atoms with Crippen LogP contribution < -0.4 is 5.43 Å². The van der Waals surface area contributed by atoms with Crippen molar-refractivity contribution in [2.75, 3.05) is 19.8 Å². The first-order valence-corrected chi connectivity index (χ1v) is 10.6. The van der Waals surface area contributed by atoms with Gasteiger partial charge in [0.25, 0.3) is 0 Å². The summed E-state index contributed by atoms with van der Waals surface area (Å²) in [5, 5.41) is 0.411. The first-order valence-electron chi connectivity index (χ1n) is 10.6. The van der Waals surface area contributed by atoms with E-state index in [4.69, 9.17) is 13.9 Å². The SMILES string of the molecule is CCOCCOC(=O)C1C(C)=NC2=C(C(=O)CCC2)[C@@H]1c1coc2ccccc2c1=O. The summed E-state index contributed by atoms with van der Waals surface area (Å²) in [5.74, 6) is -2.25. The number of carbonyl (C=O) groups excluding carboxylic acids is 2. The molecule has 4 rings (SSSR count). The molecular formula is C24H25NO6. The number of hydrogen-bond donors (Lipinski definition) is 0. The quantitative estimate of drug-likeness (QED) is 0.521. The average molecular weight is 423 g/mol. The maximum Gasteiger partial charge on any atom is 0.315 e. The molecule has 0 N–H and O–H groups in total. The third kappa shape index (κ3) is 3.97. The van der Waals surface area contributed by atoms with E-state index in [0.717, 1.165) is 0 Å². The summed E-state index contributed by atoms with van der Waals surface area (Å²) in [7, 11) is 0. The predicted octanol–water partition coefficient (Wildman–Crippen LogP) is 3.55. The van der Waals surface area contributed by atoms with Crippen LogP contribution in [0.25, 0.3) is 11.0 Å². The maximum atomic E-state index is 13.4. The zero-order valence-corrected chi connectivity index (χ0v) is 17.7. The molecule has 1 aromatic carbocycles. The molecule has 1 unspecified atom stereocenters. The molecule has 2 aromatic rings. The third-order valence-corrected chi connectivity index (χ3v) is 5.81. The molecule has 7 nitrogen and oxygen atoms in total. The normalized spacial score (nSPS) is 21.1. The van der Waals surface area contributed by atoms with E-state index < -0.39 is 17.8 Å². The number of esters is 1. The van der Waals surface area contributed by atoms with E-state index >= 15 is 0 Å². The number of para-hydroxylation sites is 1. The molecule has 0 radical (unpaired) electrons. The number of rotatable bonds is 6. The second kappa shape index (κ2) is 8.98. The lowest BCUT2D eigenvalue weighted by atomic mass is 9.72. The molecule has 31 heavy (non-hydrogen) atoms. The highest BCUT2D eigenvalue weighted by Gasteiger charge is 2.44. The molecule has 0 spiro atoms. The number of fused-ring (bicyclic) bond motifs is 1. The molecule has 162 valence electrons. The van der Waals surface area contributed by atoms with Crippen molar-refractivity contribution in [3.05, 3.63) is 57.6 Å². The summed E-state index contributed by atoms with van der Waals surface area (Å²) in [5.41, 5.74) is 2.11. The molecule has 0 amide bonds. The third-order valence-electron chi connectivity index (χ3n) is 5.81. The van der Waals surface area contributed by atoms with Gasteiger partial charge in [-0.3, -0.25) is 19.4 Å². The number of carbonyl (C=O) groups is 2. The van der Waals surface area contributed by atoms with Crippen LogP contribution in [-0.2, 0) is 19.1 Å². The summed E-state index contributed by atoms with van der Waals surface area (Å²) in [6.45, 7) is 4.49. The fraction of sp³-hybridized carbons (Fsp3) is 0.417. The van der Waals surface area contributed by atoms with Crippen LogP contribution in [0.2, 0.25) is 0 Å². The summed E-state index contributed by atoms with van der Waals surface area (Å²) >= 11 is 0. The van der Waals surface area contributed by atoms with Gasteiger partial charge in [-0.05, 0) is 38.8 Å². The Morgan fingerprint density at radius 3 is 2.81 bits per heavy atom. The van der Waals surface area contributed by atoms with Crippen LogP contribution in [0.4, 0.5) is 0 Å². The summed E-state index contributed by atoms with van der Waals surface area (Å²) in [4.78, 5) is 44.0. The smallest absolute Gasteiger partial charge is 0.315 e. The van der Waals surface area contributed by atoms with Crippen LogP contribution in [0.1, 0.15) is 44.6 Å². The number of nitrogens with zero attached hydrogens (tertiary/aromatic N) is 1. The topological polar surface area (TPSA) is 95.2 Å². The standard InChI is InChI=1S/C24H25NO6/c1-3-29-11-12-30-24(28)20-14(2)25-17-8-6-9-18(26)22(17)21(20)16-13-31-19-10-5-4-7-15(19)23(16)27/h4-5,7,10,13,20-21H,3,6,8-9,11-12H2,1-2H3/t20?,21-/m1/s1. The van der Waals surface area contributed by atoms with Crippen LogP contribution in [0.5, 0.6) is 0 Å². The van der Waals surface area contributed by atoms with Crippen molar-refractivity contribution >= 4 is 28.4 Å². The summed E-state index contributed by atoms with van der Waals surface area (Å²) in [6.07, 6.45) is 3.09.